The van der Waals surface area contributed by atoms with Crippen LogP contribution < -0.4 is 10.6 Å². The van der Waals surface area contributed by atoms with Gasteiger partial charge in [-0.25, -0.2) is 4.98 Å². The van der Waals surface area contributed by atoms with E-state index in [1.807, 2.05) is 51.1 Å². The van der Waals surface area contributed by atoms with Gasteiger partial charge in [-0.2, -0.15) is 0 Å². The summed E-state index contributed by atoms with van der Waals surface area (Å²) in [5, 5.41) is 6.21. The number of carbonyl (C=O) groups is 2. The normalized spacial score (nSPS) is 17.7. The number of aromatic nitrogens is 1. The van der Waals surface area contributed by atoms with E-state index in [9.17, 15) is 9.59 Å². The van der Waals surface area contributed by atoms with E-state index in [1.165, 1.54) is 11.3 Å². The molecule has 2 atom stereocenters. The quantitative estimate of drug-likeness (QED) is 0.782. The van der Waals surface area contributed by atoms with Crippen molar-refractivity contribution in [1.29, 1.82) is 0 Å². The second kappa shape index (κ2) is 9.30. The van der Waals surface area contributed by atoms with Crippen molar-refractivity contribution in [2.45, 2.75) is 51.7 Å². The van der Waals surface area contributed by atoms with Crippen LogP contribution in [0.3, 0.4) is 0 Å². The zero-order chi connectivity index (χ0) is 20.1. The second-order valence-corrected chi connectivity index (χ2v) is 8.22. The number of aryl methyl sites for hydroxylation is 1. The lowest BCUT2D eigenvalue weighted by atomic mass is 10.0. The van der Waals surface area contributed by atoms with Crippen molar-refractivity contribution in [2.24, 2.45) is 0 Å². The number of piperidine rings is 1. The van der Waals surface area contributed by atoms with E-state index in [2.05, 4.69) is 20.5 Å². The van der Waals surface area contributed by atoms with Crippen molar-refractivity contribution in [3.63, 3.8) is 0 Å². The molecule has 150 valence electrons. The molecule has 0 bridgehead atoms. The SMILES string of the molecule is Cc1ncsc1C(=O)NC1CCN(C(C)C(=O)NC(C)c2ccccc2)CC1. The summed E-state index contributed by atoms with van der Waals surface area (Å²) in [5.41, 5.74) is 3.57. The van der Waals surface area contributed by atoms with Gasteiger partial charge in [-0.1, -0.05) is 30.3 Å². The Balaban J connectivity index is 1.46. The summed E-state index contributed by atoms with van der Waals surface area (Å²) < 4.78 is 0. The molecule has 0 radical (unpaired) electrons. The minimum absolute atomic E-state index is 0.0179. The Labute approximate surface area is 170 Å². The van der Waals surface area contributed by atoms with Crippen molar-refractivity contribution in [2.75, 3.05) is 13.1 Å². The van der Waals surface area contributed by atoms with Crippen LogP contribution in [0.15, 0.2) is 35.8 Å². The van der Waals surface area contributed by atoms with Crippen LogP contribution in [0.25, 0.3) is 0 Å². The van der Waals surface area contributed by atoms with Crippen molar-refractivity contribution in [1.82, 2.24) is 20.5 Å². The lowest BCUT2D eigenvalue weighted by Crippen LogP contribution is -2.51. The number of nitrogens with one attached hydrogen (secondary N) is 2. The molecule has 0 aliphatic carbocycles. The summed E-state index contributed by atoms with van der Waals surface area (Å²) in [6.45, 7) is 7.39. The van der Waals surface area contributed by atoms with E-state index in [1.54, 1.807) is 5.51 Å². The molecule has 7 heteroatoms. The van der Waals surface area contributed by atoms with E-state index >= 15 is 0 Å². The first-order valence-corrected chi connectivity index (χ1v) is 10.6. The van der Waals surface area contributed by atoms with Gasteiger partial charge in [-0.15, -0.1) is 11.3 Å². The molecule has 2 aromatic rings. The number of hydrogen-bond donors (Lipinski definition) is 2. The van der Waals surface area contributed by atoms with Crippen LogP contribution in [0, 0.1) is 6.92 Å². The number of amides is 2. The Morgan fingerprint density at radius 1 is 1.18 bits per heavy atom. The van der Waals surface area contributed by atoms with E-state index in [0.717, 1.165) is 37.2 Å². The van der Waals surface area contributed by atoms with Gasteiger partial charge >= 0.3 is 0 Å². The molecule has 0 saturated carbocycles. The van der Waals surface area contributed by atoms with E-state index in [0.29, 0.717) is 4.88 Å². The fraction of sp³-hybridized carbons (Fsp3) is 0.476. The smallest absolute Gasteiger partial charge is 0.263 e. The van der Waals surface area contributed by atoms with E-state index in [4.69, 9.17) is 0 Å². The fourth-order valence-corrected chi connectivity index (χ4v) is 4.23. The predicted octanol–water partition coefficient (Wildman–Crippen LogP) is 2.91. The Bertz CT molecular complexity index is 800. The van der Waals surface area contributed by atoms with Crippen LogP contribution in [0.4, 0.5) is 0 Å². The molecule has 3 rings (SSSR count). The molecule has 1 saturated heterocycles. The van der Waals surface area contributed by atoms with Crippen molar-refractivity contribution >= 4 is 23.2 Å². The summed E-state index contributed by atoms with van der Waals surface area (Å²) in [6.07, 6.45) is 1.69. The van der Waals surface area contributed by atoms with Crippen molar-refractivity contribution in [3.05, 3.63) is 52.0 Å². The Hall–Kier alpha value is -2.25. The van der Waals surface area contributed by atoms with E-state index in [-0.39, 0.29) is 29.9 Å². The summed E-state index contributed by atoms with van der Waals surface area (Å²) in [4.78, 5) is 32.0. The van der Waals surface area contributed by atoms with Gasteiger partial charge in [-0.05, 0) is 39.2 Å². The average Bonchev–Trinajstić information content (AvgIpc) is 3.14. The van der Waals surface area contributed by atoms with Crippen LogP contribution in [0.1, 0.15) is 53.7 Å². The predicted molar refractivity (Wildman–Crippen MR) is 111 cm³/mol. The Morgan fingerprint density at radius 3 is 2.46 bits per heavy atom. The van der Waals surface area contributed by atoms with Crippen LogP contribution in [0.2, 0.25) is 0 Å². The highest BCUT2D eigenvalue weighted by atomic mass is 32.1. The summed E-state index contributed by atoms with van der Waals surface area (Å²) in [7, 11) is 0. The first-order chi connectivity index (χ1) is 13.5. The fourth-order valence-electron chi connectivity index (χ4n) is 3.53. The van der Waals surface area contributed by atoms with Gasteiger partial charge in [0.15, 0.2) is 0 Å². The zero-order valence-electron chi connectivity index (χ0n) is 16.6. The summed E-state index contributed by atoms with van der Waals surface area (Å²) >= 11 is 1.37. The molecule has 2 N–H and O–H groups in total. The standard InChI is InChI=1S/C21H28N4O2S/c1-14(17-7-5-4-6-8-17)23-20(26)16(3)25-11-9-18(10-12-25)24-21(27)19-15(2)22-13-28-19/h4-8,13-14,16,18H,9-12H2,1-3H3,(H,23,26)(H,24,27). The highest BCUT2D eigenvalue weighted by Crippen LogP contribution is 2.18. The largest absolute Gasteiger partial charge is 0.348 e. The van der Waals surface area contributed by atoms with Gasteiger partial charge in [0.2, 0.25) is 5.91 Å². The maximum Gasteiger partial charge on any atom is 0.263 e. The third-order valence-electron chi connectivity index (χ3n) is 5.40. The zero-order valence-corrected chi connectivity index (χ0v) is 17.5. The van der Waals surface area contributed by atoms with Crippen LogP contribution in [0.5, 0.6) is 0 Å². The monoisotopic (exact) mass is 400 g/mol. The topological polar surface area (TPSA) is 74.3 Å². The summed E-state index contributed by atoms with van der Waals surface area (Å²) in [5.74, 6) is 0.0000470. The Morgan fingerprint density at radius 2 is 1.86 bits per heavy atom. The van der Waals surface area contributed by atoms with Gasteiger partial charge in [0, 0.05) is 19.1 Å². The maximum absolute atomic E-state index is 12.7. The van der Waals surface area contributed by atoms with Crippen LogP contribution in [-0.4, -0.2) is 46.9 Å². The third-order valence-corrected chi connectivity index (χ3v) is 6.33. The third kappa shape index (κ3) is 4.97. The molecule has 1 fully saturated rings. The van der Waals surface area contributed by atoms with Crippen LogP contribution in [-0.2, 0) is 4.79 Å². The molecule has 0 spiro atoms. The number of likely N-dealkylation sites (tertiary alicyclic amines) is 1. The number of carbonyl (C=O) groups excluding carboxylic acids is 2. The molecule has 6 nitrogen and oxygen atoms in total. The number of rotatable bonds is 6. The molecular formula is C21H28N4O2S. The molecular weight excluding hydrogens is 372 g/mol. The molecule has 2 heterocycles. The van der Waals surface area contributed by atoms with Gasteiger partial charge in [-0.3, -0.25) is 14.5 Å². The first-order valence-electron chi connectivity index (χ1n) is 9.76. The average molecular weight is 401 g/mol. The van der Waals surface area contributed by atoms with Gasteiger partial charge in [0.25, 0.3) is 5.91 Å². The molecule has 28 heavy (non-hydrogen) atoms. The minimum Gasteiger partial charge on any atom is -0.348 e. The maximum atomic E-state index is 12.7. The molecule has 2 unspecified atom stereocenters. The number of benzene rings is 1. The molecule has 1 aromatic heterocycles. The first kappa shape index (κ1) is 20.5. The van der Waals surface area contributed by atoms with Crippen molar-refractivity contribution in [3.8, 4) is 0 Å². The lowest BCUT2D eigenvalue weighted by Gasteiger charge is -2.36. The Kier molecular flexibility index (Phi) is 6.80. The van der Waals surface area contributed by atoms with Gasteiger partial charge < -0.3 is 10.6 Å². The van der Waals surface area contributed by atoms with E-state index < -0.39 is 0 Å². The van der Waals surface area contributed by atoms with Gasteiger partial charge in [0.05, 0.1) is 23.3 Å². The van der Waals surface area contributed by atoms with Crippen LogP contribution >= 0.6 is 11.3 Å². The minimum atomic E-state index is -0.188. The number of thiazole rings is 1. The molecule has 1 aliphatic heterocycles. The second-order valence-electron chi connectivity index (χ2n) is 7.37. The number of nitrogens with zero attached hydrogens (tertiary/aromatic N) is 2. The van der Waals surface area contributed by atoms with Gasteiger partial charge in [0.1, 0.15) is 4.88 Å². The summed E-state index contributed by atoms with van der Waals surface area (Å²) in [6, 6.07) is 9.91. The number of hydrogen-bond acceptors (Lipinski definition) is 5. The van der Waals surface area contributed by atoms with Crippen molar-refractivity contribution < 1.29 is 9.59 Å². The highest BCUT2D eigenvalue weighted by Gasteiger charge is 2.28. The lowest BCUT2D eigenvalue weighted by molar-refractivity contribution is -0.127. The molecule has 2 amide bonds. The molecule has 1 aliphatic rings. The highest BCUT2D eigenvalue weighted by molar-refractivity contribution is 7.11. The molecule has 1 aromatic carbocycles.